The molecule has 0 atom stereocenters. The maximum Gasteiger partial charge on any atom is 0.323 e. The van der Waals surface area contributed by atoms with E-state index in [1.165, 1.54) is 5.56 Å². The van der Waals surface area contributed by atoms with Crippen LogP contribution in [0.4, 0.5) is 17.6 Å². The highest BCUT2D eigenvalue weighted by Gasteiger charge is 2.18. The highest BCUT2D eigenvalue weighted by atomic mass is 16.5. The van der Waals surface area contributed by atoms with Gasteiger partial charge in [0.25, 0.3) is 0 Å². The molecule has 0 fully saturated rings. The third-order valence-corrected chi connectivity index (χ3v) is 2.89. The first-order chi connectivity index (χ1) is 9.90. The number of nitrogens with zero attached hydrogens (tertiary/aromatic N) is 3. The Morgan fingerprint density at radius 3 is 2.52 bits per heavy atom. The largest absolute Gasteiger partial charge is 0.464 e. The van der Waals surface area contributed by atoms with Gasteiger partial charge in [-0.2, -0.15) is 15.0 Å². The van der Waals surface area contributed by atoms with Crippen molar-refractivity contribution in [1.29, 1.82) is 0 Å². The summed E-state index contributed by atoms with van der Waals surface area (Å²) in [6, 6.07) is 8.27. The number of hydrogen-bond donors (Lipinski definition) is 2. The first-order valence-electron chi connectivity index (χ1n) is 6.91. The van der Waals surface area contributed by atoms with Gasteiger partial charge in [-0.1, -0.05) is 39.0 Å². The molecule has 0 saturated heterocycles. The van der Waals surface area contributed by atoms with Gasteiger partial charge >= 0.3 is 6.01 Å². The number of ether oxygens (including phenoxy) is 1. The Morgan fingerprint density at radius 1 is 1.14 bits per heavy atom. The summed E-state index contributed by atoms with van der Waals surface area (Å²) >= 11 is 0. The number of anilines is 3. The summed E-state index contributed by atoms with van der Waals surface area (Å²) in [6.45, 7) is 8.80. The molecule has 2 aromatic rings. The molecule has 112 valence electrons. The second-order valence-electron chi connectivity index (χ2n) is 5.65. The molecule has 0 bridgehead atoms. The lowest BCUT2D eigenvalue weighted by atomic mass is 9.86. The van der Waals surface area contributed by atoms with Crippen LogP contribution in [-0.4, -0.2) is 21.6 Å². The van der Waals surface area contributed by atoms with E-state index in [0.29, 0.717) is 12.6 Å². The molecule has 21 heavy (non-hydrogen) atoms. The van der Waals surface area contributed by atoms with Gasteiger partial charge in [0, 0.05) is 5.69 Å². The molecule has 0 saturated carbocycles. The summed E-state index contributed by atoms with van der Waals surface area (Å²) < 4.78 is 5.28. The van der Waals surface area contributed by atoms with Crippen molar-refractivity contribution < 1.29 is 4.74 Å². The van der Waals surface area contributed by atoms with Gasteiger partial charge in [0.15, 0.2) is 0 Å². The van der Waals surface area contributed by atoms with Crippen LogP contribution in [0.5, 0.6) is 6.01 Å². The number of nitrogens with one attached hydrogen (secondary N) is 1. The smallest absolute Gasteiger partial charge is 0.323 e. The van der Waals surface area contributed by atoms with Crippen LogP contribution in [0, 0.1) is 0 Å². The topological polar surface area (TPSA) is 86.0 Å². The zero-order chi connectivity index (χ0) is 15.5. The Kier molecular flexibility index (Phi) is 4.26. The molecule has 6 nitrogen and oxygen atoms in total. The highest BCUT2D eigenvalue weighted by Crippen LogP contribution is 2.30. The lowest BCUT2D eigenvalue weighted by Gasteiger charge is -2.23. The van der Waals surface area contributed by atoms with Crippen LogP contribution in [0.25, 0.3) is 0 Å². The van der Waals surface area contributed by atoms with Gasteiger partial charge in [0.05, 0.1) is 6.61 Å². The molecule has 0 aliphatic rings. The van der Waals surface area contributed by atoms with Crippen molar-refractivity contribution in [2.75, 3.05) is 17.7 Å². The molecule has 2 rings (SSSR count). The van der Waals surface area contributed by atoms with Crippen molar-refractivity contribution in [3.05, 3.63) is 29.8 Å². The van der Waals surface area contributed by atoms with Crippen molar-refractivity contribution in [2.24, 2.45) is 0 Å². The van der Waals surface area contributed by atoms with E-state index in [4.69, 9.17) is 10.5 Å². The van der Waals surface area contributed by atoms with E-state index in [-0.39, 0.29) is 17.4 Å². The number of benzene rings is 1. The van der Waals surface area contributed by atoms with E-state index in [0.717, 1.165) is 5.69 Å². The van der Waals surface area contributed by atoms with Gasteiger partial charge in [-0.15, -0.1) is 0 Å². The first-order valence-corrected chi connectivity index (χ1v) is 6.91. The molecule has 0 amide bonds. The first kappa shape index (κ1) is 15.0. The zero-order valence-corrected chi connectivity index (χ0v) is 12.8. The number of nitrogens with two attached hydrogens (primary N) is 1. The number of hydrogen-bond acceptors (Lipinski definition) is 6. The van der Waals surface area contributed by atoms with Gasteiger partial charge in [0.2, 0.25) is 11.9 Å². The van der Waals surface area contributed by atoms with E-state index in [1.807, 2.05) is 25.1 Å². The molecule has 0 aliphatic carbocycles. The van der Waals surface area contributed by atoms with Crippen molar-refractivity contribution in [1.82, 2.24) is 15.0 Å². The Bertz CT molecular complexity index is 622. The van der Waals surface area contributed by atoms with Gasteiger partial charge in [0.1, 0.15) is 0 Å². The normalized spacial score (nSPS) is 11.2. The Labute approximate surface area is 124 Å². The molecule has 6 heteroatoms. The Balaban J connectivity index is 2.35. The molecule has 3 N–H and O–H groups in total. The fraction of sp³-hybridized carbons (Fsp3) is 0.400. The van der Waals surface area contributed by atoms with Gasteiger partial charge in [-0.3, -0.25) is 0 Å². The maximum absolute atomic E-state index is 5.68. The van der Waals surface area contributed by atoms with Gasteiger partial charge in [-0.25, -0.2) is 0 Å². The number of rotatable bonds is 4. The lowest BCUT2D eigenvalue weighted by Crippen LogP contribution is -2.14. The molecule has 0 spiro atoms. The monoisotopic (exact) mass is 287 g/mol. The zero-order valence-electron chi connectivity index (χ0n) is 12.8. The van der Waals surface area contributed by atoms with E-state index >= 15 is 0 Å². The van der Waals surface area contributed by atoms with Crippen LogP contribution >= 0.6 is 0 Å². The molecular formula is C15H21N5O. The van der Waals surface area contributed by atoms with Crippen molar-refractivity contribution in [3.63, 3.8) is 0 Å². The summed E-state index contributed by atoms with van der Waals surface area (Å²) in [5, 5.41) is 3.20. The van der Waals surface area contributed by atoms with Gasteiger partial charge < -0.3 is 15.8 Å². The molecule has 0 radical (unpaired) electrons. The minimum Gasteiger partial charge on any atom is -0.464 e. The van der Waals surface area contributed by atoms with Crippen molar-refractivity contribution in [2.45, 2.75) is 33.1 Å². The van der Waals surface area contributed by atoms with E-state index in [2.05, 4.69) is 47.1 Å². The minimum atomic E-state index is 0.00488. The van der Waals surface area contributed by atoms with Crippen LogP contribution in [0.15, 0.2) is 24.3 Å². The minimum absolute atomic E-state index is 0.00488. The molecule has 1 heterocycles. The standard InChI is InChI=1S/C15H21N5O/c1-5-21-14-19-12(16)18-13(20-14)17-11-9-7-6-8-10(11)15(2,3)4/h6-9H,5H2,1-4H3,(H3,16,17,18,19,20). The van der Waals surface area contributed by atoms with E-state index < -0.39 is 0 Å². The fourth-order valence-electron chi connectivity index (χ4n) is 1.99. The molecule has 1 aromatic heterocycles. The van der Waals surface area contributed by atoms with Crippen molar-refractivity contribution >= 4 is 17.6 Å². The quantitative estimate of drug-likeness (QED) is 0.899. The van der Waals surface area contributed by atoms with Crippen LogP contribution in [0.1, 0.15) is 33.3 Å². The summed E-state index contributed by atoms with van der Waals surface area (Å²) in [7, 11) is 0. The number of para-hydroxylation sites is 1. The Hall–Kier alpha value is -2.37. The predicted octanol–water partition coefficient (Wildman–Crippen LogP) is 2.89. The van der Waals surface area contributed by atoms with Gasteiger partial charge in [-0.05, 0) is 24.0 Å². The highest BCUT2D eigenvalue weighted by molar-refractivity contribution is 5.61. The average Bonchev–Trinajstić information content (AvgIpc) is 2.37. The second kappa shape index (κ2) is 5.95. The molecule has 0 unspecified atom stereocenters. The van der Waals surface area contributed by atoms with Crippen molar-refractivity contribution in [3.8, 4) is 6.01 Å². The van der Waals surface area contributed by atoms with Crippen LogP contribution in [-0.2, 0) is 5.41 Å². The fourth-order valence-corrected chi connectivity index (χ4v) is 1.99. The summed E-state index contributed by atoms with van der Waals surface area (Å²) in [5.74, 6) is 0.506. The van der Waals surface area contributed by atoms with E-state index in [1.54, 1.807) is 0 Å². The maximum atomic E-state index is 5.68. The summed E-state index contributed by atoms with van der Waals surface area (Å²) in [6.07, 6.45) is 0. The average molecular weight is 287 g/mol. The molecule has 0 aliphatic heterocycles. The third-order valence-electron chi connectivity index (χ3n) is 2.89. The lowest BCUT2D eigenvalue weighted by molar-refractivity contribution is 0.312. The molecular weight excluding hydrogens is 266 g/mol. The summed E-state index contributed by atoms with van der Waals surface area (Å²) in [5.41, 5.74) is 7.80. The number of nitrogen functional groups attached to an aromatic ring is 1. The second-order valence-corrected chi connectivity index (χ2v) is 5.65. The van der Waals surface area contributed by atoms with E-state index in [9.17, 15) is 0 Å². The van der Waals surface area contributed by atoms with Crippen LogP contribution < -0.4 is 15.8 Å². The predicted molar refractivity (Wildman–Crippen MR) is 83.8 cm³/mol. The summed E-state index contributed by atoms with van der Waals surface area (Å²) in [4.78, 5) is 12.2. The molecule has 1 aromatic carbocycles. The van der Waals surface area contributed by atoms with Crippen LogP contribution in [0.3, 0.4) is 0 Å². The Morgan fingerprint density at radius 2 is 1.86 bits per heavy atom. The van der Waals surface area contributed by atoms with Crippen LogP contribution in [0.2, 0.25) is 0 Å². The SMILES string of the molecule is CCOc1nc(N)nc(Nc2ccccc2C(C)(C)C)n1. The number of aromatic nitrogens is 3. The third kappa shape index (κ3) is 3.81.